The molecule has 5 nitrogen and oxygen atoms in total. The van der Waals surface area contributed by atoms with Crippen molar-refractivity contribution in [1.29, 1.82) is 0 Å². The van der Waals surface area contributed by atoms with Crippen LogP contribution in [0.2, 0.25) is 5.15 Å². The van der Waals surface area contributed by atoms with E-state index >= 15 is 0 Å². The molecule has 1 fully saturated rings. The van der Waals surface area contributed by atoms with Gasteiger partial charge in [0.25, 0.3) is 5.92 Å². The molecule has 0 spiro atoms. The maximum atomic E-state index is 13.4. The molecule has 2 aromatic heterocycles. The monoisotopic (exact) mass is 341 g/mol. The number of piperidine rings is 1. The first kappa shape index (κ1) is 15.9. The van der Waals surface area contributed by atoms with Gasteiger partial charge in [-0.3, -0.25) is 4.79 Å². The number of aromatic nitrogens is 2. The van der Waals surface area contributed by atoms with E-state index in [1.165, 1.54) is 13.1 Å². The van der Waals surface area contributed by atoms with Crippen molar-refractivity contribution in [2.45, 2.75) is 25.7 Å². The Bertz CT molecular complexity index is 760. The number of ether oxygens (including phenoxy) is 1. The fraction of sp³-hybridized carbons (Fsp3) is 0.400. The minimum absolute atomic E-state index is 0.112. The molecule has 0 aromatic carbocycles. The van der Waals surface area contributed by atoms with Crippen molar-refractivity contribution in [2.24, 2.45) is 0 Å². The number of pyridine rings is 2. The summed E-state index contributed by atoms with van der Waals surface area (Å²) in [4.78, 5) is 21.2. The lowest BCUT2D eigenvalue weighted by Gasteiger charge is -2.33. The summed E-state index contributed by atoms with van der Waals surface area (Å²) in [7, 11) is 0. The number of esters is 1. The van der Waals surface area contributed by atoms with Crippen LogP contribution < -0.4 is 9.64 Å². The summed E-state index contributed by atoms with van der Waals surface area (Å²) in [5.41, 5.74) is 0. The van der Waals surface area contributed by atoms with Gasteiger partial charge in [0.05, 0.1) is 0 Å². The summed E-state index contributed by atoms with van der Waals surface area (Å²) < 4.78 is 31.8. The van der Waals surface area contributed by atoms with E-state index in [-0.39, 0.29) is 37.0 Å². The van der Waals surface area contributed by atoms with Crippen molar-refractivity contribution in [2.75, 3.05) is 18.0 Å². The highest BCUT2D eigenvalue weighted by molar-refractivity contribution is 6.30. The Hall–Kier alpha value is -2.02. The Balaban J connectivity index is 2.05. The molecule has 0 amide bonds. The first-order valence-corrected chi connectivity index (χ1v) is 7.49. The summed E-state index contributed by atoms with van der Waals surface area (Å²) in [5, 5.41) is 1.64. The molecule has 8 heteroatoms. The summed E-state index contributed by atoms with van der Waals surface area (Å²) in [6.45, 7) is 1.60. The van der Waals surface area contributed by atoms with Crippen molar-refractivity contribution >= 4 is 34.2 Å². The van der Waals surface area contributed by atoms with Crippen LogP contribution in [0.3, 0.4) is 0 Å². The Labute approximate surface area is 136 Å². The SMILES string of the molecule is CC(=O)Oc1cc2cnc(Cl)cc2c(N2CCC(F)(F)CC2)n1. The summed E-state index contributed by atoms with van der Waals surface area (Å²) in [5.74, 6) is -2.58. The second kappa shape index (κ2) is 5.88. The van der Waals surface area contributed by atoms with Crippen LogP contribution in [0.1, 0.15) is 19.8 Å². The molecule has 1 saturated heterocycles. The van der Waals surface area contributed by atoms with E-state index in [1.54, 1.807) is 17.0 Å². The second-order valence-corrected chi connectivity index (χ2v) is 5.84. The molecule has 1 aliphatic rings. The molecular formula is C15H14ClF2N3O2. The maximum absolute atomic E-state index is 13.4. The van der Waals surface area contributed by atoms with Gasteiger partial charge in [0.2, 0.25) is 5.88 Å². The predicted molar refractivity (Wildman–Crippen MR) is 82.3 cm³/mol. The quantitative estimate of drug-likeness (QED) is 0.618. The molecule has 0 unspecified atom stereocenters. The van der Waals surface area contributed by atoms with Crippen molar-refractivity contribution < 1.29 is 18.3 Å². The number of carbonyl (C=O) groups is 1. The molecular weight excluding hydrogens is 328 g/mol. The van der Waals surface area contributed by atoms with Gasteiger partial charge in [0, 0.05) is 55.9 Å². The van der Waals surface area contributed by atoms with Gasteiger partial charge < -0.3 is 9.64 Å². The van der Waals surface area contributed by atoms with E-state index in [9.17, 15) is 13.6 Å². The third-order valence-corrected chi connectivity index (χ3v) is 3.89. The van der Waals surface area contributed by atoms with Gasteiger partial charge in [0.15, 0.2) is 0 Å². The van der Waals surface area contributed by atoms with E-state index in [4.69, 9.17) is 16.3 Å². The van der Waals surface area contributed by atoms with Gasteiger partial charge >= 0.3 is 5.97 Å². The number of hydrogen-bond donors (Lipinski definition) is 0. The predicted octanol–water partition coefficient (Wildman–Crippen LogP) is 3.44. The number of hydrogen-bond acceptors (Lipinski definition) is 5. The molecule has 0 saturated carbocycles. The van der Waals surface area contributed by atoms with E-state index in [0.717, 1.165) is 0 Å². The molecule has 1 aliphatic heterocycles. The highest BCUT2D eigenvalue weighted by Gasteiger charge is 2.35. The van der Waals surface area contributed by atoms with Crippen molar-refractivity contribution in [3.8, 4) is 5.88 Å². The zero-order valence-electron chi connectivity index (χ0n) is 12.4. The van der Waals surface area contributed by atoms with E-state index in [2.05, 4.69) is 9.97 Å². The standard InChI is InChI=1S/C15H14ClF2N3O2/c1-9(22)23-13-6-10-8-19-12(16)7-11(10)14(20-13)21-4-2-15(17,18)3-5-21/h6-8H,2-5H2,1H3. The Kier molecular flexibility index (Phi) is 4.06. The van der Waals surface area contributed by atoms with Crippen molar-refractivity contribution in [1.82, 2.24) is 9.97 Å². The molecule has 0 N–H and O–H groups in total. The number of halogens is 3. The number of rotatable bonds is 2. The highest BCUT2D eigenvalue weighted by Crippen LogP contribution is 2.34. The molecule has 3 rings (SSSR count). The van der Waals surface area contributed by atoms with E-state index in [0.29, 0.717) is 16.6 Å². The lowest BCUT2D eigenvalue weighted by molar-refractivity contribution is -0.132. The van der Waals surface area contributed by atoms with Gasteiger partial charge in [-0.05, 0) is 6.07 Å². The molecule has 0 radical (unpaired) electrons. The number of alkyl halides is 2. The average Bonchev–Trinajstić information content (AvgIpc) is 2.46. The largest absolute Gasteiger partial charge is 0.408 e. The molecule has 122 valence electrons. The average molecular weight is 342 g/mol. The lowest BCUT2D eigenvalue weighted by Crippen LogP contribution is -2.39. The molecule has 3 heterocycles. The minimum atomic E-state index is -2.65. The fourth-order valence-corrected chi connectivity index (χ4v) is 2.72. The smallest absolute Gasteiger partial charge is 0.309 e. The normalized spacial score (nSPS) is 17.3. The van der Waals surface area contributed by atoms with Crippen LogP contribution in [0, 0.1) is 0 Å². The zero-order valence-corrected chi connectivity index (χ0v) is 13.1. The first-order valence-electron chi connectivity index (χ1n) is 7.11. The molecule has 0 atom stereocenters. The summed E-state index contributed by atoms with van der Waals surface area (Å²) in [6.07, 6.45) is 1.05. The van der Waals surface area contributed by atoms with Crippen LogP contribution in [-0.4, -0.2) is 34.9 Å². The zero-order chi connectivity index (χ0) is 16.6. The molecule has 0 aliphatic carbocycles. The third-order valence-electron chi connectivity index (χ3n) is 3.68. The number of fused-ring (bicyclic) bond motifs is 1. The number of carbonyl (C=O) groups excluding carboxylic acids is 1. The van der Waals surface area contributed by atoms with Crippen LogP contribution in [0.15, 0.2) is 18.3 Å². The van der Waals surface area contributed by atoms with Crippen LogP contribution in [0.4, 0.5) is 14.6 Å². The van der Waals surface area contributed by atoms with Crippen LogP contribution in [-0.2, 0) is 4.79 Å². The molecule has 0 bridgehead atoms. The number of anilines is 1. The molecule has 23 heavy (non-hydrogen) atoms. The first-order chi connectivity index (χ1) is 10.8. The van der Waals surface area contributed by atoms with Crippen LogP contribution in [0.5, 0.6) is 5.88 Å². The van der Waals surface area contributed by atoms with Gasteiger partial charge in [-0.2, -0.15) is 4.98 Å². The van der Waals surface area contributed by atoms with Gasteiger partial charge in [0.1, 0.15) is 11.0 Å². The summed E-state index contributed by atoms with van der Waals surface area (Å²) >= 11 is 5.94. The van der Waals surface area contributed by atoms with E-state index in [1.807, 2.05) is 0 Å². The number of nitrogens with zero attached hydrogens (tertiary/aromatic N) is 3. The Morgan fingerprint density at radius 2 is 2.04 bits per heavy atom. The highest BCUT2D eigenvalue weighted by atomic mass is 35.5. The topological polar surface area (TPSA) is 55.3 Å². The van der Waals surface area contributed by atoms with E-state index < -0.39 is 11.9 Å². The lowest BCUT2D eigenvalue weighted by atomic mass is 10.1. The van der Waals surface area contributed by atoms with Gasteiger partial charge in [-0.1, -0.05) is 11.6 Å². The van der Waals surface area contributed by atoms with Crippen molar-refractivity contribution in [3.05, 3.63) is 23.5 Å². The van der Waals surface area contributed by atoms with Crippen LogP contribution >= 0.6 is 11.6 Å². The summed E-state index contributed by atoms with van der Waals surface area (Å²) in [6, 6.07) is 3.20. The molecule has 2 aromatic rings. The Morgan fingerprint density at radius 3 is 2.70 bits per heavy atom. The van der Waals surface area contributed by atoms with Gasteiger partial charge in [-0.25, -0.2) is 13.8 Å². The fourth-order valence-electron chi connectivity index (χ4n) is 2.57. The minimum Gasteiger partial charge on any atom is -0.408 e. The second-order valence-electron chi connectivity index (χ2n) is 5.45. The Morgan fingerprint density at radius 1 is 1.35 bits per heavy atom. The van der Waals surface area contributed by atoms with Crippen molar-refractivity contribution in [3.63, 3.8) is 0 Å². The van der Waals surface area contributed by atoms with Gasteiger partial charge in [-0.15, -0.1) is 0 Å². The van der Waals surface area contributed by atoms with Crippen LogP contribution in [0.25, 0.3) is 10.8 Å². The maximum Gasteiger partial charge on any atom is 0.309 e. The third kappa shape index (κ3) is 3.50.